The molecule has 1 aliphatic rings. The van der Waals surface area contributed by atoms with Gasteiger partial charge in [-0.1, -0.05) is 43.2 Å². The van der Waals surface area contributed by atoms with Gasteiger partial charge in [-0.2, -0.15) is 5.10 Å². The summed E-state index contributed by atoms with van der Waals surface area (Å²) in [4.78, 5) is 38.4. The Balaban J connectivity index is 1.33. The number of amides is 1. The smallest absolute Gasteiger partial charge is 0.408 e. The van der Waals surface area contributed by atoms with Crippen LogP contribution in [-0.2, 0) is 21.0 Å². The molecule has 3 heterocycles. The highest BCUT2D eigenvalue weighted by molar-refractivity contribution is 5.90. The first-order chi connectivity index (χ1) is 20.2. The molecule has 4 aromatic rings. The highest BCUT2D eigenvalue weighted by Gasteiger charge is 2.30. The molecule has 1 amide bonds. The number of carbonyl (C=O) groups excluding carboxylic acids is 2. The van der Waals surface area contributed by atoms with E-state index in [0.717, 1.165) is 23.8 Å². The molecule has 11 nitrogen and oxygen atoms in total. The van der Waals surface area contributed by atoms with Gasteiger partial charge in [0.2, 0.25) is 6.54 Å². The van der Waals surface area contributed by atoms with E-state index >= 15 is 0 Å². The molecule has 0 aliphatic heterocycles. The molecule has 0 spiro atoms. The lowest BCUT2D eigenvalue weighted by Gasteiger charge is -2.23. The number of fused-ring (bicyclic) bond motifs is 1. The number of esters is 1. The Morgan fingerprint density at radius 3 is 2.62 bits per heavy atom. The van der Waals surface area contributed by atoms with E-state index in [1.54, 1.807) is 62.0 Å². The molecule has 1 saturated carbocycles. The Kier molecular flexibility index (Phi) is 8.52. The molecule has 11 heteroatoms. The van der Waals surface area contributed by atoms with Gasteiger partial charge in [0.15, 0.2) is 12.8 Å². The third-order valence-corrected chi connectivity index (χ3v) is 7.37. The van der Waals surface area contributed by atoms with Crippen LogP contribution in [0.1, 0.15) is 64.1 Å². The van der Waals surface area contributed by atoms with Gasteiger partial charge in [0.05, 0.1) is 11.9 Å². The molecule has 218 valence electrons. The van der Waals surface area contributed by atoms with Crippen LogP contribution in [0.5, 0.6) is 0 Å². The van der Waals surface area contributed by atoms with Gasteiger partial charge < -0.3 is 19.6 Å². The molecule has 3 aromatic heterocycles. The number of nitrogens with zero attached hydrogens (tertiary/aromatic N) is 6. The zero-order chi connectivity index (χ0) is 29.7. The molecule has 0 saturated heterocycles. The van der Waals surface area contributed by atoms with Gasteiger partial charge in [-0.25, -0.2) is 26.1 Å². The second-order valence-corrected chi connectivity index (χ2v) is 11.5. The molecule has 2 atom stereocenters. The Morgan fingerprint density at radius 2 is 1.90 bits per heavy atom. The van der Waals surface area contributed by atoms with Crippen LogP contribution in [0.3, 0.4) is 0 Å². The van der Waals surface area contributed by atoms with Crippen molar-refractivity contribution in [2.75, 3.05) is 6.54 Å². The minimum absolute atomic E-state index is 0.0481. The molecule has 1 aromatic carbocycles. The third kappa shape index (κ3) is 6.60. The predicted molar refractivity (Wildman–Crippen MR) is 156 cm³/mol. The first kappa shape index (κ1) is 28.8. The molecule has 0 radical (unpaired) electrons. The maximum atomic E-state index is 13.2. The Bertz CT molecular complexity index is 1580. The molecule has 1 N–H and O–H groups in total. The first-order valence-corrected chi connectivity index (χ1v) is 14.1. The first-order valence-electron chi connectivity index (χ1n) is 14.1. The SMILES string of the molecule is [C-]#[N+]C[C@H](C1CCCC1)n1cc(-c2ncnc3c2ccn3COC(=O)[C@@H](NC(=O)OC(C)(C)C)c2ccccc2)cn1. The summed E-state index contributed by atoms with van der Waals surface area (Å²) >= 11 is 0. The van der Waals surface area contributed by atoms with Gasteiger partial charge in [0, 0.05) is 23.3 Å². The lowest BCUT2D eigenvalue weighted by molar-refractivity contribution is -0.150. The van der Waals surface area contributed by atoms with Crippen LogP contribution >= 0.6 is 0 Å². The summed E-state index contributed by atoms with van der Waals surface area (Å²) in [7, 11) is 0. The number of alkyl carbamates (subject to hydrolysis) is 1. The highest BCUT2D eigenvalue weighted by Crippen LogP contribution is 2.35. The topological polar surface area (TPSA) is 118 Å². The fourth-order valence-corrected chi connectivity index (χ4v) is 5.43. The molecule has 0 bridgehead atoms. The van der Waals surface area contributed by atoms with E-state index in [-0.39, 0.29) is 12.8 Å². The van der Waals surface area contributed by atoms with E-state index in [2.05, 4.69) is 25.2 Å². The summed E-state index contributed by atoms with van der Waals surface area (Å²) < 4.78 is 14.6. The van der Waals surface area contributed by atoms with Crippen molar-refractivity contribution in [3.63, 3.8) is 0 Å². The maximum absolute atomic E-state index is 13.2. The molecule has 1 aliphatic carbocycles. The second-order valence-electron chi connectivity index (χ2n) is 11.5. The van der Waals surface area contributed by atoms with E-state index in [9.17, 15) is 9.59 Å². The van der Waals surface area contributed by atoms with Gasteiger partial charge in [-0.3, -0.25) is 9.25 Å². The lowest BCUT2D eigenvalue weighted by Crippen LogP contribution is -2.38. The van der Waals surface area contributed by atoms with Crippen LogP contribution in [0.4, 0.5) is 4.79 Å². The van der Waals surface area contributed by atoms with Crippen molar-refractivity contribution < 1.29 is 19.1 Å². The number of rotatable bonds is 9. The zero-order valence-electron chi connectivity index (χ0n) is 24.1. The van der Waals surface area contributed by atoms with Gasteiger partial charge in [-0.05, 0) is 51.2 Å². The summed E-state index contributed by atoms with van der Waals surface area (Å²) in [6.45, 7) is 13.0. The third-order valence-electron chi connectivity index (χ3n) is 7.37. The normalized spacial score (nSPS) is 15.2. The summed E-state index contributed by atoms with van der Waals surface area (Å²) in [5.41, 5.74) is 1.97. The molecule has 42 heavy (non-hydrogen) atoms. The van der Waals surface area contributed by atoms with E-state index in [1.165, 1.54) is 19.2 Å². The van der Waals surface area contributed by atoms with Gasteiger partial charge in [0.25, 0.3) is 0 Å². The van der Waals surface area contributed by atoms with Crippen LogP contribution in [0.25, 0.3) is 27.1 Å². The molecule has 1 fully saturated rings. The number of benzene rings is 1. The highest BCUT2D eigenvalue weighted by atomic mass is 16.6. The van der Waals surface area contributed by atoms with Crippen molar-refractivity contribution in [2.45, 2.75) is 70.9 Å². The summed E-state index contributed by atoms with van der Waals surface area (Å²) in [6, 6.07) is 9.73. The quantitative estimate of drug-likeness (QED) is 0.203. The van der Waals surface area contributed by atoms with Gasteiger partial charge in [-0.15, -0.1) is 0 Å². The molecular formula is C31H35N7O4. The Hall–Kier alpha value is -4.72. The fourth-order valence-electron chi connectivity index (χ4n) is 5.43. The van der Waals surface area contributed by atoms with Crippen LogP contribution in [0.15, 0.2) is 61.3 Å². The van der Waals surface area contributed by atoms with Crippen LogP contribution in [-0.4, -0.2) is 48.5 Å². The van der Waals surface area contributed by atoms with Crippen LogP contribution in [0.2, 0.25) is 0 Å². The monoisotopic (exact) mass is 569 g/mol. The minimum atomic E-state index is -1.05. The Morgan fingerprint density at radius 1 is 1.14 bits per heavy atom. The summed E-state index contributed by atoms with van der Waals surface area (Å²) in [6.07, 6.45) is 10.9. The van der Waals surface area contributed by atoms with Crippen molar-refractivity contribution in [1.82, 2.24) is 29.6 Å². The molecule has 0 unspecified atom stereocenters. The number of hydrogen-bond donors (Lipinski definition) is 1. The lowest BCUT2D eigenvalue weighted by atomic mass is 9.98. The van der Waals surface area contributed by atoms with E-state index in [1.807, 2.05) is 23.0 Å². The number of ether oxygens (including phenoxy) is 2. The largest absolute Gasteiger partial charge is 0.444 e. The average molecular weight is 570 g/mol. The summed E-state index contributed by atoms with van der Waals surface area (Å²) in [5, 5.41) is 8.02. The van der Waals surface area contributed by atoms with Crippen molar-refractivity contribution in [3.8, 4) is 11.3 Å². The average Bonchev–Trinajstić information content (AvgIpc) is 3.74. The van der Waals surface area contributed by atoms with E-state index < -0.39 is 23.7 Å². The summed E-state index contributed by atoms with van der Waals surface area (Å²) in [5.74, 6) is -0.181. The number of hydrogen-bond acceptors (Lipinski definition) is 7. The predicted octanol–water partition coefficient (Wildman–Crippen LogP) is 5.71. The second kappa shape index (κ2) is 12.4. The van der Waals surface area contributed by atoms with Crippen molar-refractivity contribution in [3.05, 3.63) is 78.3 Å². The minimum Gasteiger partial charge on any atom is -0.444 e. The van der Waals surface area contributed by atoms with Gasteiger partial charge >= 0.3 is 12.1 Å². The number of aromatic nitrogens is 5. The van der Waals surface area contributed by atoms with Gasteiger partial charge in [0.1, 0.15) is 23.6 Å². The van der Waals surface area contributed by atoms with E-state index in [4.69, 9.17) is 16.0 Å². The molecule has 5 rings (SSSR count). The molecular weight excluding hydrogens is 534 g/mol. The standard InChI is InChI=1S/C31H35N7O4/c1-31(2,3)42-30(40)36-27(22-12-6-5-7-13-22)29(39)41-20-37-15-14-24-26(33-19-34-28(24)37)23-16-35-38(18-23)25(17-32-4)21-10-8-9-11-21/h5-7,12-16,18-19,21,25,27H,8-11,17,20H2,1-3H3,(H,36,40)/t25-,27+/m1/s1. The number of carbonyl (C=O) groups is 2. The Labute approximate surface area is 244 Å². The van der Waals surface area contributed by atoms with Crippen molar-refractivity contribution >= 4 is 23.1 Å². The van der Waals surface area contributed by atoms with Crippen molar-refractivity contribution in [1.29, 1.82) is 0 Å². The van der Waals surface area contributed by atoms with Crippen molar-refractivity contribution in [2.24, 2.45) is 5.92 Å². The van der Waals surface area contributed by atoms with Crippen LogP contribution < -0.4 is 5.32 Å². The van der Waals surface area contributed by atoms with Crippen LogP contribution in [0, 0.1) is 12.5 Å². The van der Waals surface area contributed by atoms with E-state index in [0.29, 0.717) is 29.4 Å². The fraction of sp³-hybridized carbons (Fsp3) is 0.419. The zero-order valence-corrected chi connectivity index (χ0v) is 24.1. The number of nitrogens with one attached hydrogen (secondary N) is 1. The maximum Gasteiger partial charge on any atom is 0.408 e.